The van der Waals surface area contributed by atoms with E-state index in [9.17, 15) is 9.18 Å². The zero-order valence-electron chi connectivity index (χ0n) is 11.9. The van der Waals surface area contributed by atoms with Crippen molar-refractivity contribution < 1.29 is 13.9 Å². The molecule has 4 heteroatoms. The third-order valence-corrected chi connectivity index (χ3v) is 2.98. The third kappa shape index (κ3) is 4.31. The molecule has 0 spiro atoms. The quantitative estimate of drug-likeness (QED) is 0.811. The van der Waals surface area contributed by atoms with E-state index in [4.69, 9.17) is 4.74 Å². The number of hydrogen-bond acceptors (Lipinski definition) is 2. The first kappa shape index (κ1) is 15.0. The van der Waals surface area contributed by atoms with Crippen molar-refractivity contribution in [2.75, 3.05) is 6.54 Å². The predicted molar refractivity (Wildman–Crippen MR) is 80.2 cm³/mol. The molecule has 1 N–H and O–H groups in total. The Labute approximate surface area is 123 Å². The first-order valence-electron chi connectivity index (χ1n) is 7.01. The van der Waals surface area contributed by atoms with Gasteiger partial charge in [-0.1, -0.05) is 31.5 Å². The van der Waals surface area contributed by atoms with Gasteiger partial charge in [-0.05, 0) is 36.8 Å². The van der Waals surface area contributed by atoms with Gasteiger partial charge in [-0.15, -0.1) is 0 Å². The van der Waals surface area contributed by atoms with Gasteiger partial charge in [0.05, 0.1) is 0 Å². The molecule has 0 aliphatic heterocycles. The minimum absolute atomic E-state index is 0.0457. The van der Waals surface area contributed by atoms with Crippen LogP contribution < -0.4 is 10.1 Å². The molecule has 2 aromatic rings. The normalized spacial score (nSPS) is 10.2. The number of para-hydroxylation sites is 1. The highest BCUT2D eigenvalue weighted by atomic mass is 19.1. The van der Waals surface area contributed by atoms with Gasteiger partial charge >= 0.3 is 0 Å². The molecule has 1 amide bonds. The minimum atomic E-state index is -0.496. The monoisotopic (exact) mass is 287 g/mol. The lowest BCUT2D eigenvalue weighted by molar-refractivity contribution is 0.0953. The van der Waals surface area contributed by atoms with E-state index in [0.717, 1.165) is 12.8 Å². The van der Waals surface area contributed by atoms with Crippen LogP contribution in [-0.2, 0) is 0 Å². The molecular weight excluding hydrogens is 269 g/mol. The van der Waals surface area contributed by atoms with E-state index in [-0.39, 0.29) is 11.7 Å². The van der Waals surface area contributed by atoms with Crippen LogP contribution in [-0.4, -0.2) is 12.5 Å². The minimum Gasteiger partial charge on any atom is -0.454 e. The van der Waals surface area contributed by atoms with Crippen molar-refractivity contribution in [1.82, 2.24) is 5.32 Å². The molecule has 0 unspecified atom stereocenters. The van der Waals surface area contributed by atoms with Gasteiger partial charge in [0.1, 0.15) is 5.75 Å². The summed E-state index contributed by atoms with van der Waals surface area (Å²) in [4.78, 5) is 11.9. The van der Waals surface area contributed by atoms with Gasteiger partial charge < -0.3 is 10.1 Å². The molecule has 21 heavy (non-hydrogen) atoms. The molecule has 0 heterocycles. The standard InChI is InChI=1S/C17H18FNO2/c1-2-3-11-19-17(20)13-9-10-15(18)16(12-13)21-14-7-5-4-6-8-14/h4-10,12H,2-3,11H2,1H3,(H,19,20). The van der Waals surface area contributed by atoms with Crippen molar-refractivity contribution in [2.45, 2.75) is 19.8 Å². The van der Waals surface area contributed by atoms with Crippen LogP contribution in [0.5, 0.6) is 11.5 Å². The summed E-state index contributed by atoms with van der Waals surface area (Å²) in [5.74, 6) is -0.144. The fourth-order valence-electron chi connectivity index (χ4n) is 1.82. The van der Waals surface area contributed by atoms with E-state index in [1.807, 2.05) is 6.07 Å². The zero-order valence-corrected chi connectivity index (χ0v) is 11.9. The van der Waals surface area contributed by atoms with Crippen LogP contribution in [0.25, 0.3) is 0 Å². The average molecular weight is 287 g/mol. The van der Waals surface area contributed by atoms with Gasteiger partial charge in [-0.3, -0.25) is 4.79 Å². The number of hydrogen-bond donors (Lipinski definition) is 1. The predicted octanol–water partition coefficient (Wildman–Crippen LogP) is 4.15. The number of ether oxygens (including phenoxy) is 1. The number of amides is 1. The van der Waals surface area contributed by atoms with Gasteiger partial charge in [-0.25, -0.2) is 4.39 Å². The zero-order chi connectivity index (χ0) is 15.1. The summed E-state index contributed by atoms with van der Waals surface area (Å²) in [5.41, 5.74) is 0.387. The summed E-state index contributed by atoms with van der Waals surface area (Å²) in [7, 11) is 0. The molecule has 0 saturated carbocycles. The molecule has 0 aliphatic carbocycles. The van der Waals surface area contributed by atoms with Crippen LogP contribution in [0.2, 0.25) is 0 Å². The van der Waals surface area contributed by atoms with Gasteiger partial charge in [0.25, 0.3) is 5.91 Å². The molecule has 110 valence electrons. The van der Waals surface area contributed by atoms with Crippen molar-refractivity contribution >= 4 is 5.91 Å². The van der Waals surface area contributed by atoms with Crippen LogP contribution in [0.3, 0.4) is 0 Å². The lowest BCUT2D eigenvalue weighted by Crippen LogP contribution is -2.24. The largest absolute Gasteiger partial charge is 0.454 e. The van der Waals surface area contributed by atoms with Crippen molar-refractivity contribution in [1.29, 1.82) is 0 Å². The van der Waals surface area contributed by atoms with Gasteiger partial charge in [0.15, 0.2) is 11.6 Å². The van der Waals surface area contributed by atoms with Crippen LogP contribution in [0, 0.1) is 5.82 Å². The van der Waals surface area contributed by atoms with Gasteiger partial charge in [-0.2, -0.15) is 0 Å². The van der Waals surface area contributed by atoms with E-state index < -0.39 is 5.82 Å². The van der Waals surface area contributed by atoms with E-state index in [1.165, 1.54) is 18.2 Å². The molecule has 0 atom stereocenters. The van der Waals surface area contributed by atoms with E-state index >= 15 is 0 Å². The number of carbonyl (C=O) groups excluding carboxylic acids is 1. The lowest BCUT2D eigenvalue weighted by Gasteiger charge is -2.09. The highest BCUT2D eigenvalue weighted by Crippen LogP contribution is 2.25. The number of carbonyl (C=O) groups is 1. The highest BCUT2D eigenvalue weighted by Gasteiger charge is 2.11. The third-order valence-electron chi connectivity index (χ3n) is 2.98. The second-order valence-electron chi connectivity index (χ2n) is 4.67. The van der Waals surface area contributed by atoms with E-state index in [0.29, 0.717) is 17.9 Å². The van der Waals surface area contributed by atoms with E-state index in [2.05, 4.69) is 12.2 Å². The molecule has 0 bridgehead atoms. The first-order valence-corrected chi connectivity index (χ1v) is 7.01. The van der Waals surface area contributed by atoms with Crippen LogP contribution in [0.4, 0.5) is 4.39 Å². The van der Waals surface area contributed by atoms with Crippen molar-refractivity contribution in [3.05, 3.63) is 59.9 Å². The van der Waals surface area contributed by atoms with Gasteiger partial charge in [0, 0.05) is 12.1 Å². The number of halogens is 1. The Morgan fingerprint density at radius 1 is 1.19 bits per heavy atom. The molecule has 0 fully saturated rings. The Morgan fingerprint density at radius 3 is 2.67 bits per heavy atom. The summed E-state index contributed by atoms with van der Waals surface area (Å²) in [5, 5.41) is 2.79. The molecule has 0 radical (unpaired) electrons. The van der Waals surface area contributed by atoms with Gasteiger partial charge in [0.2, 0.25) is 0 Å². The number of unbranched alkanes of at least 4 members (excludes halogenated alkanes) is 1. The number of nitrogens with one attached hydrogen (secondary N) is 1. The van der Waals surface area contributed by atoms with Crippen molar-refractivity contribution in [3.8, 4) is 11.5 Å². The maximum atomic E-state index is 13.8. The summed E-state index contributed by atoms with van der Waals surface area (Å²) in [6.45, 7) is 2.66. The molecular formula is C17H18FNO2. The van der Waals surface area contributed by atoms with Crippen molar-refractivity contribution in [2.24, 2.45) is 0 Å². The Balaban J connectivity index is 2.11. The van der Waals surface area contributed by atoms with Crippen LogP contribution >= 0.6 is 0 Å². The maximum absolute atomic E-state index is 13.8. The topological polar surface area (TPSA) is 38.3 Å². The first-order chi connectivity index (χ1) is 10.2. The molecule has 3 nitrogen and oxygen atoms in total. The van der Waals surface area contributed by atoms with Crippen molar-refractivity contribution in [3.63, 3.8) is 0 Å². The lowest BCUT2D eigenvalue weighted by atomic mass is 10.2. The fraction of sp³-hybridized carbons (Fsp3) is 0.235. The SMILES string of the molecule is CCCCNC(=O)c1ccc(F)c(Oc2ccccc2)c1. The average Bonchev–Trinajstić information content (AvgIpc) is 2.50. The Morgan fingerprint density at radius 2 is 1.95 bits per heavy atom. The summed E-state index contributed by atoms with van der Waals surface area (Å²) in [6, 6.07) is 13.0. The van der Waals surface area contributed by atoms with Crippen LogP contribution in [0.1, 0.15) is 30.1 Å². The Hall–Kier alpha value is -2.36. The second-order valence-corrected chi connectivity index (χ2v) is 4.67. The number of rotatable bonds is 6. The Bertz CT molecular complexity index is 599. The molecule has 0 saturated heterocycles. The molecule has 0 aliphatic rings. The maximum Gasteiger partial charge on any atom is 0.251 e. The molecule has 0 aromatic heterocycles. The second kappa shape index (κ2) is 7.43. The summed E-state index contributed by atoms with van der Waals surface area (Å²) in [6.07, 6.45) is 1.92. The smallest absolute Gasteiger partial charge is 0.251 e. The Kier molecular flexibility index (Phi) is 5.32. The summed E-state index contributed by atoms with van der Waals surface area (Å²) < 4.78 is 19.2. The van der Waals surface area contributed by atoms with E-state index in [1.54, 1.807) is 24.3 Å². The fourth-order valence-corrected chi connectivity index (χ4v) is 1.82. The summed E-state index contributed by atoms with van der Waals surface area (Å²) >= 11 is 0. The molecule has 2 rings (SSSR count). The number of benzene rings is 2. The highest BCUT2D eigenvalue weighted by molar-refractivity contribution is 5.94. The van der Waals surface area contributed by atoms with Crippen LogP contribution in [0.15, 0.2) is 48.5 Å². The molecule has 2 aromatic carbocycles.